The van der Waals surface area contributed by atoms with E-state index in [1.807, 2.05) is 13.8 Å². The molecule has 0 aliphatic carbocycles. The van der Waals surface area contributed by atoms with Gasteiger partial charge in [-0.1, -0.05) is 26.0 Å². The molecule has 0 spiro atoms. The van der Waals surface area contributed by atoms with Crippen LogP contribution in [0, 0.1) is 12.8 Å². The number of primary amides is 1. The van der Waals surface area contributed by atoms with Gasteiger partial charge in [0.25, 0.3) is 5.91 Å². The summed E-state index contributed by atoms with van der Waals surface area (Å²) in [6.07, 6.45) is 0. The van der Waals surface area contributed by atoms with Crippen molar-refractivity contribution in [2.75, 3.05) is 6.54 Å². The second-order valence-corrected chi connectivity index (χ2v) is 9.22. The van der Waals surface area contributed by atoms with E-state index in [-0.39, 0.29) is 40.3 Å². The number of phenols is 2. The highest BCUT2D eigenvalue weighted by atomic mass is 32.2. The number of hydrogen-bond donors (Lipinski definition) is 5. The van der Waals surface area contributed by atoms with Gasteiger partial charge < -0.3 is 15.9 Å². The molecule has 2 aromatic carbocycles. The van der Waals surface area contributed by atoms with E-state index < -0.39 is 21.7 Å². The SMILES string of the molecule is Cc1ccc(-c2n[nH]c(C(N)=O)n2)cc1-c1cc(S(=O)(=O)NCC(C)C)c(O)cc1O. The molecule has 0 aliphatic rings. The molecular weight excluding hydrogens is 422 g/mol. The first kappa shape index (κ1) is 22.2. The van der Waals surface area contributed by atoms with Gasteiger partial charge in [0.05, 0.1) is 0 Å². The summed E-state index contributed by atoms with van der Waals surface area (Å²) in [5.41, 5.74) is 7.14. The monoisotopic (exact) mass is 445 g/mol. The average molecular weight is 446 g/mol. The van der Waals surface area contributed by atoms with Gasteiger partial charge >= 0.3 is 0 Å². The quantitative estimate of drug-likeness (QED) is 0.369. The van der Waals surface area contributed by atoms with Crippen molar-refractivity contribution in [2.24, 2.45) is 11.7 Å². The first-order valence-corrected chi connectivity index (χ1v) is 10.9. The highest BCUT2D eigenvalue weighted by Gasteiger charge is 2.23. The van der Waals surface area contributed by atoms with Crippen LogP contribution in [0.25, 0.3) is 22.5 Å². The fourth-order valence-electron chi connectivity index (χ4n) is 2.89. The van der Waals surface area contributed by atoms with Crippen LogP contribution in [0.5, 0.6) is 11.5 Å². The lowest BCUT2D eigenvalue weighted by Crippen LogP contribution is -2.27. The van der Waals surface area contributed by atoms with E-state index in [0.29, 0.717) is 11.1 Å². The molecular formula is C20H23N5O5S. The molecule has 31 heavy (non-hydrogen) atoms. The number of carbonyl (C=O) groups excluding carboxylic acids is 1. The summed E-state index contributed by atoms with van der Waals surface area (Å²) in [7, 11) is -4.01. The lowest BCUT2D eigenvalue weighted by Gasteiger charge is -2.14. The molecule has 0 bridgehead atoms. The fourth-order valence-corrected chi connectivity index (χ4v) is 4.21. The molecule has 0 unspecified atom stereocenters. The molecule has 0 atom stereocenters. The molecule has 0 saturated heterocycles. The highest BCUT2D eigenvalue weighted by Crippen LogP contribution is 2.39. The number of aryl methyl sites for hydroxylation is 1. The molecule has 0 aliphatic heterocycles. The lowest BCUT2D eigenvalue weighted by atomic mass is 9.97. The summed E-state index contributed by atoms with van der Waals surface area (Å²) in [6, 6.07) is 7.30. The third-order valence-electron chi connectivity index (χ3n) is 4.55. The molecule has 11 heteroatoms. The number of carbonyl (C=O) groups is 1. The Morgan fingerprint density at radius 3 is 2.48 bits per heavy atom. The van der Waals surface area contributed by atoms with Crippen LogP contribution in [0.2, 0.25) is 0 Å². The Balaban J connectivity index is 2.11. The van der Waals surface area contributed by atoms with E-state index >= 15 is 0 Å². The average Bonchev–Trinajstić information content (AvgIpc) is 3.18. The Labute approximate surface area is 179 Å². The molecule has 1 heterocycles. The van der Waals surface area contributed by atoms with Gasteiger partial charge in [-0.05, 0) is 36.1 Å². The number of aromatic amines is 1. The Bertz CT molecular complexity index is 1250. The maximum Gasteiger partial charge on any atom is 0.286 e. The van der Waals surface area contributed by atoms with Crippen molar-refractivity contribution < 1.29 is 23.4 Å². The van der Waals surface area contributed by atoms with Gasteiger partial charge in [-0.3, -0.25) is 9.89 Å². The largest absolute Gasteiger partial charge is 0.507 e. The van der Waals surface area contributed by atoms with Crippen LogP contribution in [0.3, 0.4) is 0 Å². The summed E-state index contributed by atoms with van der Waals surface area (Å²) >= 11 is 0. The van der Waals surface area contributed by atoms with Crippen molar-refractivity contribution in [3.63, 3.8) is 0 Å². The number of nitrogens with one attached hydrogen (secondary N) is 2. The second kappa shape index (κ2) is 8.36. The van der Waals surface area contributed by atoms with Crippen molar-refractivity contribution >= 4 is 15.9 Å². The number of aromatic hydroxyl groups is 2. The standard InChI is InChI=1S/C20H23N5O5S/c1-10(2)9-22-31(29,30)17-7-14(15(26)8-16(17)27)13-6-12(5-4-11(13)3)19-23-20(18(21)28)25-24-19/h4-8,10,22,26-27H,9H2,1-3H3,(H2,21,28)(H,23,24,25). The number of aromatic nitrogens is 3. The molecule has 1 amide bonds. The van der Waals surface area contributed by atoms with Crippen molar-refractivity contribution in [1.82, 2.24) is 19.9 Å². The van der Waals surface area contributed by atoms with Crippen molar-refractivity contribution in [3.05, 3.63) is 41.7 Å². The number of nitrogens with two attached hydrogens (primary N) is 1. The zero-order chi connectivity index (χ0) is 22.9. The molecule has 6 N–H and O–H groups in total. The van der Waals surface area contributed by atoms with Gasteiger partial charge in [0, 0.05) is 23.7 Å². The van der Waals surface area contributed by atoms with Crippen molar-refractivity contribution in [1.29, 1.82) is 0 Å². The first-order valence-electron chi connectivity index (χ1n) is 9.39. The summed E-state index contributed by atoms with van der Waals surface area (Å²) in [5.74, 6) is -1.45. The molecule has 0 saturated carbocycles. The van der Waals surface area contributed by atoms with Gasteiger partial charge in [0.1, 0.15) is 16.4 Å². The Morgan fingerprint density at radius 2 is 1.87 bits per heavy atom. The number of phenolic OH excluding ortho intramolecular Hbond substituents is 2. The van der Waals surface area contributed by atoms with Gasteiger partial charge in [0.15, 0.2) is 5.82 Å². The zero-order valence-electron chi connectivity index (χ0n) is 17.2. The minimum absolute atomic E-state index is 0.0686. The van der Waals surface area contributed by atoms with Crippen LogP contribution >= 0.6 is 0 Å². The molecule has 3 rings (SSSR count). The minimum atomic E-state index is -4.01. The van der Waals surface area contributed by atoms with Crippen LogP contribution in [0.15, 0.2) is 35.2 Å². The summed E-state index contributed by atoms with van der Waals surface area (Å²) in [6.45, 7) is 5.68. The normalized spacial score (nSPS) is 11.7. The summed E-state index contributed by atoms with van der Waals surface area (Å²) < 4.78 is 27.8. The number of nitrogens with zero attached hydrogens (tertiary/aromatic N) is 2. The number of amides is 1. The predicted octanol–water partition coefficient (Wildman–Crippen LogP) is 1.89. The molecule has 0 fully saturated rings. The maximum atomic E-state index is 12.7. The minimum Gasteiger partial charge on any atom is -0.507 e. The van der Waals surface area contributed by atoms with E-state index in [0.717, 1.165) is 11.6 Å². The molecule has 3 aromatic rings. The third kappa shape index (κ3) is 4.67. The zero-order valence-corrected chi connectivity index (χ0v) is 18.0. The fraction of sp³-hybridized carbons (Fsp3) is 0.250. The smallest absolute Gasteiger partial charge is 0.286 e. The summed E-state index contributed by atoms with van der Waals surface area (Å²) in [4.78, 5) is 14.9. The van der Waals surface area contributed by atoms with Crippen LogP contribution in [0.1, 0.15) is 30.0 Å². The number of hydrogen-bond acceptors (Lipinski definition) is 7. The maximum absolute atomic E-state index is 12.7. The van der Waals surface area contributed by atoms with Gasteiger partial charge in [0.2, 0.25) is 15.8 Å². The number of H-pyrrole nitrogens is 1. The van der Waals surface area contributed by atoms with E-state index in [1.54, 1.807) is 25.1 Å². The molecule has 164 valence electrons. The van der Waals surface area contributed by atoms with Crippen LogP contribution in [0.4, 0.5) is 0 Å². The van der Waals surface area contributed by atoms with Crippen molar-refractivity contribution in [2.45, 2.75) is 25.7 Å². The topological polar surface area (TPSA) is 171 Å². The molecule has 0 radical (unpaired) electrons. The number of rotatable bonds is 7. The second-order valence-electron chi connectivity index (χ2n) is 7.48. The third-order valence-corrected chi connectivity index (χ3v) is 6.01. The van der Waals surface area contributed by atoms with Gasteiger partial charge in [-0.25, -0.2) is 18.1 Å². The molecule has 1 aromatic heterocycles. The number of benzene rings is 2. The molecule has 10 nitrogen and oxygen atoms in total. The van der Waals surface area contributed by atoms with Crippen LogP contribution in [-0.2, 0) is 10.0 Å². The Morgan fingerprint density at radius 1 is 1.16 bits per heavy atom. The van der Waals surface area contributed by atoms with Crippen molar-refractivity contribution in [3.8, 4) is 34.0 Å². The van der Waals surface area contributed by atoms with Gasteiger partial charge in [-0.15, -0.1) is 0 Å². The Kier molecular flexibility index (Phi) is 6.00. The van der Waals surface area contributed by atoms with E-state index in [1.165, 1.54) is 6.07 Å². The van der Waals surface area contributed by atoms with E-state index in [9.17, 15) is 23.4 Å². The first-order chi connectivity index (χ1) is 14.5. The highest BCUT2D eigenvalue weighted by molar-refractivity contribution is 7.89. The lowest BCUT2D eigenvalue weighted by molar-refractivity contribution is 0.0991. The predicted molar refractivity (Wildman–Crippen MR) is 114 cm³/mol. The van der Waals surface area contributed by atoms with Crippen LogP contribution in [-0.4, -0.2) is 46.3 Å². The van der Waals surface area contributed by atoms with Gasteiger partial charge in [-0.2, -0.15) is 5.10 Å². The van der Waals surface area contributed by atoms with E-state index in [4.69, 9.17) is 5.73 Å². The number of sulfonamides is 1. The van der Waals surface area contributed by atoms with Crippen LogP contribution < -0.4 is 10.5 Å². The van der Waals surface area contributed by atoms with E-state index in [2.05, 4.69) is 19.9 Å². The Hall–Kier alpha value is -3.44. The summed E-state index contributed by atoms with van der Waals surface area (Å²) in [5, 5.41) is 27.0.